The van der Waals surface area contributed by atoms with Gasteiger partial charge in [-0.3, -0.25) is 9.59 Å². The SMILES string of the molecule is CNC(=O)COc1cccc(NC(=O)C(C)CCN)c1. The zero-order valence-corrected chi connectivity index (χ0v) is 11.8. The number of rotatable bonds is 7. The van der Waals surface area contributed by atoms with Gasteiger partial charge in [-0.25, -0.2) is 0 Å². The molecule has 4 N–H and O–H groups in total. The van der Waals surface area contributed by atoms with Gasteiger partial charge in [-0.2, -0.15) is 0 Å². The highest BCUT2D eigenvalue weighted by atomic mass is 16.5. The van der Waals surface area contributed by atoms with Gasteiger partial charge in [0.2, 0.25) is 5.91 Å². The molecule has 110 valence electrons. The molecule has 1 unspecified atom stereocenters. The molecule has 0 heterocycles. The van der Waals surface area contributed by atoms with E-state index in [9.17, 15) is 9.59 Å². The van der Waals surface area contributed by atoms with Gasteiger partial charge in [0.15, 0.2) is 6.61 Å². The highest BCUT2D eigenvalue weighted by molar-refractivity contribution is 5.92. The number of carbonyl (C=O) groups is 2. The molecule has 0 fully saturated rings. The van der Waals surface area contributed by atoms with Crippen LogP contribution in [0.2, 0.25) is 0 Å². The minimum atomic E-state index is -0.212. The molecule has 0 aromatic heterocycles. The predicted molar refractivity (Wildman–Crippen MR) is 77.5 cm³/mol. The van der Waals surface area contributed by atoms with E-state index in [0.29, 0.717) is 24.4 Å². The zero-order chi connectivity index (χ0) is 15.0. The Morgan fingerprint density at radius 2 is 2.15 bits per heavy atom. The van der Waals surface area contributed by atoms with E-state index < -0.39 is 0 Å². The average Bonchev–Trinajstić information content (AvgIpc) is 2.45. The minimum absolute atomic E-state index is 0.0581. The van der Waals surface area contributed by atoms with E-state index in [1.54, 1.807) is 31.3 Å². The van der Waals surface area contributed by atoms with Crippen molar-refractivity contribution in [2.24, 2.45) is 11.7 Å². The number of likely N-dealkylation sites (N-methyl/N-ethyl adjacent to an activating group) is 1. The average molecular weight is 279 g/mol. The number of amides is 2. The molecule has 1 aromatic carbocycles. The lowest BCUT2D eigenvalue weighted by atomic mass is 10.1. The molecule has 0 aliphatic rings. The highest BCUT2D eigenvalue weighted by Crippen LogP contribution is 2.18. The molecule has 0 aliphatic heterocycles. The Bertz CT molecular complexity index is 463. The first-order valence-electron chi connectivity index (χ1n) is 6.51. The number of anilines is 1. The molecule has 20 heavy (non-hydrogen) atoms. The van der Waals surface area contributed by atoms with E-state index in [4.69, 9.17) is 10.5 Å². The van der Waals surface area contributed by atoms with Crippen LogP contribution in [-0.4, -0.2) is 32.0 Å². The number of benzene rings is 1. The molecule has 0 radical (unpaired) electrons. The van der Waals surface area contributed by atoms with Crippen LogP contribution in [-0.2, 0) is 9.59 Å². The summed E-state index contributed by atoms with van der Waals surface area (Å²) in [5, 5.41) is 5.26. The Morgan fingerprint density at radius 1 is 1.40 bits per heavy atom. The van der Waals surface area contributed by atoms with Crippen molar-refractivity contribution in [2.45, 2.75) is 13.3 Å². The molecule has 1 rings (SSSR count). The maximum Gasteiger partial charge on any atom is 0.257 e. The first kappa shape index (κ1) is 16.0. The second kappa shape index (κ2) is 8.16. The third-order valence-electron chi connectivity index (χ3n) is 2.80. The summed E-state index contributed by atoms with van der Waals surface area (Å²) in [4.78, 5) is 22.9. The number of nitrogens with two attached hydrogens (primary N) is 1. The van der Waals surface area contributed by atoms with Crippen LogP contribution in [0.1, 0.15) is 13.3 Å². The monoisotopic (exact) mass is 279 g/mol. The fourth-order valence-electron chi connectivity index (χ4n) is 1.53. The number of hydrogen-bond acceptors (Lipinski definition) is 4. The second-order valence-corrected chi connectivity index (χ2v) is 4.46. The van der Waals surface area contributed by atoms with Gasteiger partial charge >= 0.3 is 0 Å². The normalized spacial score (nSPS) is 11.6. The molecule has 0 bridgehead atoms. The summed E-state index contributed by atoms with van der Waals surface area (Å²) in [6.45, 7) is 2.25. The second-order valence-electron chi connectivity index (χ2n) is 4.46. The van der Waals surface area contributed by atoms with Crippen molar-refractivity contribution in [3.63, 3.8) is 0 Å². The van der Waals surface area contributed by atoms with Crippen LogP contribution >= 0.6 is 0 Å². The van der Waals surface area contributed by atoms with Gasteiger partial charge in [-0.1, -0.05) is 13.0 Å². The largest absolute Gasteiger partial charge is 0.484 e. The standard InChI is InChI=1S/C14H21N3O3/c1-10(6-7-15)14(19)17-11-4-3-5-12(8-11)20-9-13(18)16-2/h3-5,8,10H,6-7,9,15H2,1-2H3,(H,16,18)(H,17,19). The van der Waals surface area contributed by atoms with E-state index in [2.05, 4.69) is 10.6 Å². The first-order chi connectivity index (χ1) is 9.56. The van der Waals surface area contributed by atoms with Crippen LogP contribution in [0.25, 0.3) is 0 Å². The predicted octanol–water partition coefficient (Wildman–Crippen LogP) is 0.735. The summed E-state index contributed by atoms with van der Waals surface area (Å²) in [7, 11) is 1.54. The van der Waals surface area contributed by atoms with Gasteiger partial charge in [0.05, 0.1) is 0 Å². The van der Waals surface area contributed by atoms with E-state index in [-0.39, 0.29) is 24.3 Å². The number of carbonyl (C=O) groups excluding carboxylic acids is 2. The number of hydrogen-bond donors (Lipinski definition) is 3. The van der Waals surface area contributed by atoms with Gasteiger partial charge in [-0.15, -0.1) is 0 Å². The van der Waals surface area contributed by atoms with Crippen LogP contribution in [0.15, 0.2) is 24.3 Å². The molecule has 1 atom stereocenters. The minimum Gasteiger partial charge on any atom is -0.484 e. The Hall–Kier alpha value is -2.08. The molecule has 2 amide bonds. The number of nitrogens with one attached hydrogen (secondary N) is 2. The van der Waals surface area contributed by atoms with Crippen molar-refractivity contribution >= 4 is 17.5 Å². The molecule has 0 saturated heterocycles. The van der Waals surface area contributed by atoms with Crippen molar-refractivity contribution in [3.8, 4) is 5.75 Å². The van der Waals surface area contributed by atoms with Gasteiger partial charge in [0.25, 0.3) is 5.91 Å². The molecule has 6 nitrogen and oxygen atoms in total. The quantitative estimate of drug-likeness (QED) is 0.686. The molecule has 1 aromatic rings. The molecule has 0 aliphatic carbocycles. The third kappa shape index (κ3) is 5.27. The van der Waals surface area contributed by atoms with Crippen molar-refractivity contribution in [1.82, 2.24) is 5.32 Å². The lowest BCUT2D eigenvalue weighted by Crippen LogP contribution is -2.25. The molecular formula is C14H21N3O3. The third-order valence-corrected chi connectivity index (χ3v) is 2.80. The molecular weight excluding hydrogens is 258 g/mol. The van der Waals surface area contributed by atoms with Crippen LogP contribution in [0.3, 0.4) is 0 Å². The summed E-state index contributed by atoms with van der Waals surface area (Å²) < 4.78 is 5.31. The Morgan fingerprint density at radius 3 is 2.80 bits per heavy atom. The van der Waals surface area contributed by atoms with E-state index in [1.165, 1.54) is 0 Å². The van der Waals surface area contributed by atoms with E-state index in [1.807, 2.05) is 6.92 Å². The van der Waals surface area contributed by atoms with Crippen molar-refractivity contribution < 1.29 is 14.3 Å². The molecule has 6 heteroatoms. The fraction of sp³-hybridized carbons (Fsp3) is 0.429. The Labute approximate surface area is 118 Å². The van der Waals surface area contributed by atoms with Crippen LogP contribution in [0, 0.1) is 5.92 Å². The van der Waals surface area contributed by atoms with Crippen LogP contribution in [0.4, 0.5) is 5.69 Å². The highest BCUT2D eigenvalue weighted by Gasteiger charge is 2.12. The zero-order valence-electron chi connectivity index (χ0n) is 11.8. The van der Waals surface area contributed by atoms with Gasteiger partial charge in [-0.05, 0) is 25.1 Å². The smallest absolute Gasteiger partial charge is 0.257 e. The van der Waals surface area contributed by atoms with E-state index in [0.717, 1.165) is 0 Å². The lowest BCUT2D eigenvalue weighted by Gasteiger charge is -2.12. The summed E-state index contributed by atoms with van der Waals surface area (Å²) >= 11 is 0. The topological polar surface area (TPSA) is 93.5 Å². The van der Waals surface area contributed by atoms with Crippen molar-refractivity contribution in [3.05, 3.63) is 24.3 Å². The summed E-state index contributed by atoms with van der Waals surface area (Å²) in [6, 6.07) is 6.92. The van der Waals surface area contributed by atoms with Gasteiger partial charge in [0, 0.05) is 24.7 Å². The summed E-state index contributed by atoms with van der Waals surface area (Å²) in [6.07, 6.45) is 0.638. The van der Waals surface area contributed by atoms with Gasteiger partial charge < -0.3 is 21.1 Å². The Kier molecular flexibility index (Phi) is 6.52. The molecule has 0 spiro atoms. The van der Waals surface area contributed by atoms with Crippen molar-refractivity contribution in [1.29, 1.82) is 0 Å². The summed E-state index contributed by atoms with van der Waals surface area (Å²) in [5.74, 6) is 0.0863. The van der Waals surface area contributed by atoms with Crippen LogP contribution < -0.4 is 21.1 Å². The van der Waals surface area contributed by atoms with Crippen molar-refractivity contribution in [2.75, 3.05) is 25.5 Å². The molecule has 0 saturated carbocycles. The number of ether oxygens (including phenoxy) is 1. The summed E-state index contributed by atoms with van der Waals surface area (Å²) in [5.41, 5.74) is 6.06. The maximum atomic E-state index is 11.9. The van der Waals surface area contributed by atoms with E-state index >= 15 is 0 Å². The maximum absolute atomic E-state index is 11.9. The lowest BCUT2D eigenvalue weighted by molar-refractivity contribution is -0.122. The Balaban J connectivity index is 2.59. The van der Waals surface area contributed by atoms with Gasteiger partial charge in [0.1, 0.15) is 5.75 Å². The van der Waals surface area contributed by atoms with Crippen LogP contribution in [0.5, 0.6) is 5.75 Å². The first-order valence-corrected chi connectivity index (χ1v) is 6.51. The fourth-order valence-corrected chi connectivity index (χ4v) is 1.53.